The molecule has 0 bridgehead atoms. The standard InChI is InChI=1S/C33H34F2O2/c1-32(2,3)24-11-17-28(22-7-13-26(34)14-8-22)30(19-24)36-21-37-31-20-25(33(4,5)6)12-18-29(31)23-9-15-27(35)16-10-23/h7-20H,21H2,1-6H3. The van der Waals surface area contributed by atoms with E-state index in [0.29, 0.717) is 11.5 Å². The summed E-state index contributed by atoms with van der Waals surface area (Å²) in [7, 11) is 0. The molecule has 4 heteroatoms. The van der Waals surface area contributed by atoms with Crippen molar-refractivity contribution in [3.8, 4) is 33.8 Å². The van der Waals surface area contributed by atoms with Crippen LogP contribution in [0.1, 0.15) is 52.7 Å². The molecule has 0 heterocycles. The van der Waals surface area contributed by atoms with Crippen molar-refractivity contribution < 1.29 is 18.3 Å². The molecule has 0 aliphatic carbocycles. The SMILES string of the molecule is CC(C)(C)c1ccc(-c2ccc(F)cc2)c(OCOc2cc(C(C)(C)C)ccc2-c2ccc(F)cc2)c1. The number of hydrogen-bond donors (Lipinski definition) is 0. The van der Waals surface area contributed by atoms with Gasteiger partial charge < -0.3 is 9.47 Å². The van der Waals surface area contributed by atoms with Crippen LogP contribution in [0.4, 0.5) is 8.78 Å². The van der Waals surface area contributed by atoms with Crippen LogP contribution in [0.25, 0.3) is 22.3 Å². The van der Waals surface area contributed by atoms with Crippen molar-refractivity contribution in [2.24, 2.45) is 0 Å². The molecule has 0 saturated carbocycles. The van der Waals surface area contributed by atoms with E-state index in [-0.39, 0.29) is 29.3 Å². The number of rotatable bonds is 6. The minimum atomic E-state index is -0.284. The molecular weight excluding hydrogens is 466 g/mol. The Labute approximate surface area is 218 Å². The molecule has 4 rings (SSSR count). The highest BCUT2D eigenvalue weighted by Crippen LogP contribution is 2.37. The summed E-state index contributed by atoms with van der Waals surface area (Å²) in [6.07, 6.45) is 0. The lowest BCUT2D eigenvalue weighted by Crippen LogP contribution is -2.14. The Hall–Kier alpha value is -3.66. The molecule has 37 heavy (non-hydrogen) atoms. The molecule has 0 atom stereocenters. The number of halogens is 2. The average molecular weight is 501 g/mol. The first-order valence-corrected chi connectivity index (χ1v) is 12.5. The summed E-state index contributed by atoms with van der Waals surface area (Å²) in [6.45, 7) is 12.9. The van der Waals surface area contributed by atoms with Crippen LogP contribution in [0.3, 0.4) is 0 Å². The third-order valence-electron chi connectivity index (χ3n) is 6.43. The molecule has 0 N–H and O–H groups in total. The van der Waals surface area contributed by atoms with Crippen molar-refractivity contribution >= 4 is 0 Å². The van der Waals surface area contributed by atoms with E-state index in [0.717, 1.165) is 33.4 Å². The van der Waals surface area contributed by atoms with Crippen LogP contribution < -0.4 is 9.47 Å². The van der Waals surface area contributed by atoms with Gasteiger partial charge >= 0.3 is 0 Å². The number of hydrogen-bond acceptors (Lipinski definition) is 2. The van der Waals surface area contributed by atoms with Gasteiger partial charge in [-0.3, -0.25) is 0 Å². The molecule has 0 amide bonds. The predicted molar refractivity (Wildman–Crippen MR) is 147 cm³/mol. The van der Waals surface area contributed by atoms with E-state index >= 15 is 0 Å². The molecule has 192 valence electrons. The molecule has 4 aromatic carbocycles. The van der Waals surface area contributed by atoms with E-state index in [2.05, 4.69) is 53.7 Å². The molecule has 0 aliphatic rings. The Balaban J connectivity index is 1.67. The zero-order valence-electron chi connectivity index (χ0n) is 22.4. The van der Waals surface area contributed by atoms with Gasteiger partial charge in [0.2, 0.25) is 6.79 Å². The van der Waals surface area contributed by atoms with Gasteiger partial charge in [-0.25, -0.2) is 8.78 Å². The van der Waals surface area contributed by atoms with Gasteiger partial charge in [-0.1, -0.05) is 90.1 Å². The van der Waals surface area contributed by atoms with E-state index in [4.69, 9.17) is 9.47 Å². The van der Waals surface area contributed by atoms with Crippen LogP contribution in [0, 0.1) is 11.6 Å². The summed E-state index contributed by atoms with van der Waals surface area (Å²) in [5.74, 6) is 0.754. The van der Waals surface area contributed by atoms with E-state index < -0.39 is 0 Å². The quantitative estimate of drug-likeness (QED) is 0.246. The number of ether oxygens (including phenoxy) is 2. The lowest BCUT2D eigenvalue weighted by Gasteiger charge is -2.23. The molecule has 0 fully saturated rings. The van der Waals surface area contributed by atoms with Crippen LogP contribution >= 0.6 is 0 Å². The van der Waals surface area contributed by atoms with Crippen LogP contribution in [-0.4, -0.2) is 6.79 Å². The van der Waals surface area contributed by atoms with Crippen LogP contribution in [0.5, 0.6) is 11.5 Å². The van der Waals surface area contributed by atoms with Gasteiger partial charge in [0, 0.05) is 11.1 Å². The van der Waals surface area contributed by atoms with Crippen molar-refractivity contribution in [3.63, 3.8) is 0 Å². The number of benzene rings is 4. The summed E-state index contributed by atoms with van der Waals surface area (Å²) in [4.78, 5) is 0. The topological polar surface area (TPSA) is 18.5 Å². The lowest BCUT2D eigenvalue weighted by molar-refractivity contribution is 0.120. The molecule has 0 aliphatic heterocycles. The van der Waals surface area contributed by atoms with Gasteiger partial charge in [-0.15, -0.1) is 0 Å². The lowest BCUT2D eigenvalue weighted by atomic mass is 9.86. The second-order valence-corrected chi connectivity index (χ2v) is 11.3. The van der Waals surface area contributed by atoms with Gasteiger partial charge in [0.05, 0.1) is 0 Å². The Morgan fingerprint density at radius 2 is 0.865 bits per heavy atom. The highest BCUT2D eigenvalue weighted by molar-refractivity contribution is 5.72. The summed E-state index contributed by atoms with van der Waals surface area (Å²) >= 11 is 0. The van der Waals surface area contributed by atoms with Crippen molar-refractivity contribution in [2.45, 2.75) is 52.4 Å². The van der Waals surface area contributed by atoms with Crippen LogP contribution in [0.15, 0.2) is 84.9 Å². The largest absolute Gasteiger partial charge is 0.457 e. The minimum absolute atomic E-state index is 0.0242. The molecular formula is C33H34F2O2. The van der Waals surface area contributed by atoms with Gasteiger partial charge in [0.25, 0.3) is 0 Å². The first-order valence-electron chi connectivity index (χ1n) is 12.5. The third-order valence-corrected chi connectivity index (χ3v) is 6.43. The van der Waals surface area contributed by atoms with Gasteiger partial charge in [-0.05, 0) is 69.5 Å². The van der Waals surface area contributed by atoms with E-state index in [1.165, 1.54) is 24.3 Å². The zero-order chi connectivity index (χ0) is 26.8. The Morgan fingerprint density at radius 3 is 1.19 bits per heavy atom. The molecule has 4 aromatic rings. The fraction of sp³-hybridized carbons (Fsp3) is 0.273. The summed E-state index contributed by atoms with van der Waals surface area (Å²) < 4.78 is 39.6. The third kappa shape index (κ3) is 6.37. The summed E-state index contributed by atoms with van der Waals surface area (Å²) in [6, 6.07) is 25.0. The highest BCUT2D eigenvalue weighted by Gasteiger charge is 2.19. The van der Waals surface area contributed by atoms with Crippen molar-refractivity contribution in [3.05, 3.63) is 108 Å². The summed E-state index contributed by atoms with van der Waals surface area (Å²) in [5, 5.41) is 0. The Morgan fingerprint density at radius 1 is 0.514 bits per heavy atom. The molecule has 2 nitrogen and oxygen atoms in total. The first-order chi connectivity index (χ1) is 17.4. The fourth-order valence-corrected chi connectivity index (χ4v) is 4.11. The smallest absolute Gasteiger partial charge is 0.230 e. The van der Waals surface area contributed by atoms with Crippen LogP contribution in [-0.2, 0) is 10.8 Å². The van der Waals surface area contributed by atoms with Crippen LogP contribution in [0.2, 0.25) is 0 Å². The van der Waals surface area contributed by atoms with E-state index in [9.17, 15) is 8.78 Å². The second-order valence-electron chi connectivity index (χ2n) is 11.3. The Kier molecular flexibility index (Phi) is 7.40. The van der Waals surface area contributed by atoms with Gasteiger partial charge in [0.1, 0.15) is 23.1 Å². The zero-order valence-corrected chi connectivity index (χ0v) is 22.4. The van der Waals surface area contributed by atoms with Crippen molar-refractivity contribution in [1.29, 1.82) is 0 Å². The van der Waals surface area contributed by atoms with Crippen molar-refractivity contribution in [2.75, 3.05) is 6.79 Å². The van der Waals surface area contributed by atoms with E-state index in [1.807, 2.05) is 24.3 Å². The second kappa shape index (κ2) is 10.4. The minimum Gasteiger partial charge on any atom is -0.457 e. The predicted octanol–water partition coefficient (Wildman–Crippen LogP) is 9.31. The molecule has 0 unspecified atom stereocenters. The van der Waals surface area contributed by atoms with Gasteiger partial charge in [-0.2, -0.15) is 0 Å². The molecule has 0 aromatic heterocycles. The maximum Gasteiger partial charge on any atom is 0.230 e. The van der Waals surface area contributed by atoms with Gasteiger partial charge in [0.15, 0.2) is 0 Å². The maximum absolute atomic E-state index is 13.6. The fourth-order valence-electron chi connectivity index (χ4n) is 4.11. The molecule has 0 saturated heterocycles. The maximum atomic E-state index is 13.6. The monoisotopic (exact) mass is 500 g/mol. The molecule has 0 radical (unpaired) electrons. The highest BCUT2D eigenvalue weighted by atomic mass is 19.1. The first kappa shape index (κ1) is 26.4. The normalized spacial score (nSPS) is 11.9. The average Bonchev–Trinajstić information content (AvgIpc) is 2.84. The van der Waals surface area contributed by atoms with E-state index in [1.54, 1.807) is 24.3 Å². The van der Waals surface area contributed by atoms with Crippen molar-refractivity contribution in [1.82, 2.24) is 0 Å². The molecule has 0 spiro atoms. The summed E-state index contributed by atoms with van der Waals surface area (Å²) in [5.41, 5.74) is 5.54. The Bertz CT molecular complexity index is 1250.